The fourth-order valence-corrected chi connectivity index (χ4v) is 5.31. The van der Waals surface area contributed by atoms with Crippen molar-refractivity contribution in [1.82, 2.24) is 9.21 Å². The van der Waals surface area contributed by atoms with Crippen LogP contribution in [0.4, 0.5) is 0 Å². The van der Waals surface area contributed by atoms with E-state index >= 15 is 0 Å². The standard InChI is InChI=1S/C19H29N3O3S.ClH/c1-15-3-5-17(6-4-15)26(24,25)22-10-7-16(8-11-22)18(23)21-12-9-19(2,13-20)14-21;/h3-6,16H,7-14,20H2,1-2H3;1H. The first kappa shape index (κ1) is 22.1. The van der Waals surface area contributed by atoms with Gasteiger partial charge in [0.15, 0.2) is 0 Å². The summed E-state index contributed by atoms with van der Waals surface area (Å²) >= 11 is 0. The molecule has 1 amide bonds. The Morgan fingerprint density at radius 3 is 2.30 bits per heavy atom. The molecular weight excluding hydrogens is 386 g/mol. The highest BCUT2D eigenvalue weighted by Gasteiger charge is 2.39. The van der Waals surface area contributed by atoms with Crippen LogP contribution in [0.2, 0.25) is 0 Å². The van der Waals surface area contributed by atoms with Crippen LogP contribution >= 0.6 is 12.4 Å². The predicted molar refractivity (Wildman–Crippen MR) is 108 cm³/mol. The average Bonchev–Trinajstić information content (AvgIpc) is 3.04. The zero-order valence-corrected chi connectivity index (χ0v) is 17.7. The number of aryl methyl sites for hydroxylation is 1. The SMILES string of the molecule is Cc1ccc(S(=O)(=O)N2CCC(C(=O)N3CCC(C)(CN)C3)CC2)cc1.Cl. The number of piperidine rings is 1. The van der Waals surface area contributed by atoms with Crippen molar-refractivity contribution in [2.75, 3.05) is 32.7 Å². The van der Waals surface area contributed by atoms with E-state index in [0.29, 0.717) is 43.9 Å². The fourth-order valence-electron chi connectivity index (χ4n) is 3.84. The van der Waals surface area contributed by atoms with Crippen molar-refractivity contribution in [3.05, 3.63) is 29.8 Å². The first-order chi connectivity index (χ1) is 12.2. The van der Waals surface area contributed by atoms with Gasteiger partial charge in [-0.05, 0) is 50.3 Å². The largest absolute Gasteiger partial charge is 0.342 e. The number of amides is 1. The van der Waals surface area contributed by atoms with Gasteiger partial charge in [0.25, 0.3) is 0 Å². The van der Waals surface area contributed by atoms with Gasteiger partial charge in [-0.15, -0.1) is 12.4 Å². The topological polar surface area (TPSA) is 83.7 Å². The second-order valence-electron chi connectivity index (χ2n) is 8.02. The van der Waals surface area contributed by atoms with Gasteiger partial charge < -0.3 is 10.6 Å². The van der Waals surface area contributed by atoms with E-state index < -0.39 is 10.0 Å². The van der Waals surface area contributed by atoms with Gasteiger partial charge in [0.1, 0.15) is 0 Å². The molecule has 1 unspecified atom stereocenters. The molecular formula is C19H30ClN3O3S. The lowest BCUT2D eigenvalue weighted by Gasteiger charge is -2.33. The first-order valence-electron chi connectivity index (χ1n) is 9.31. The minimum Gasteiger partial charge on any atom is -0.342 e. The summed E-state index contributed by atoms with van der Waals surface area (Å²) in [5.41, 5.74) is 6.88. The zero-order chi connectivity index (χ0) is 18.9. The van der Waals surface area contributed by atoms with E-state index in [1.807, 2.05) is 24.0 Å². The van der Waals surface area contributed by atoms with Crippen molar-refractivity contribution in [3.63, 3.8) is 0 Å². The number of hydrogen-bond acceptors (Lipinski definition) is 4. The quantitative estimate of drug-likeness (QED) is 0.815. The van der Waals surface area contributed by atoms with Crippen LogP contribution in [0.1, 0.15) is 31.7 Å². The maximum atomic E-state index is 12.8. The van der Waals surface area contributed by atoms with Crippen LogP contribution in [0.25, 0.3) is 0 Å². The molecule has 0 saturated carbocycles. The summed E-state index contributed by atoms with van der Waals surface area (Å²) in [4.78, 5) is 15.0. The van der Waals surface area contributed by atoms with Gasteiger partial charge in [0, 0.05) is 32.1 Å². The maximum Gasteiger partial charge on any atom is 0.243 e. The maximum absolute atomic E-state index is 12.8. The Morgan fingerprint density at radius 2 is 1.78 bits per heavy atom. The molecule has 1 aromatic carbocycles. The summed E-state index contributed by atoms with van der Waals surface area (Å²) in [6, 6.07) is 6.93. The molecule has 0 bridgehead atoms. The molecule has 27 heavy (non-hydrogen) atoms. The van der Waals surface area contributed by atoms with Crippen LogP contribution in [0.5, 0.6) is 0 Å². The first-order valence-corrected chi connectivity index (χ1v) is 10.7. The highest BCUT2D eigenvalue weighted by molar-refractivity contribution is 7.89. The molecule has 6 nitrogen and oxygen atoms in total. The Bertz CT molecular complexity index is 761. The third-order valence-electron chi connectivity index (χ3n) is 5.82. The average molecular weight is 416 g/mol. The molecule has 0 spiro atoms. The molecule has 1 atom stereocenters. The summed E-state index contributed by atoms with van der Waals surface area (Å²) in [5.74, 6) is 0.0779. The van der Waals surface area contributed by atoms with Crippen molar-refractivity contribution < 1.29 is 13.2 Å². The van der Waals surface area contributed by atoms with Crippen LogP contribution in [0.3, 0.4) is 0 Å². The van der Waals surface area contributed by atoms with Crippen molar-refractivity contribution in [1.29, 1.82) is 0 Å². The van der Waals surface area contributed by atoms with Crippen LogP contribution < -0.4 is 5.73 Å². The van der Waals surface area contributed by atoms with E-state index in [2.05, 4.69) is 6.92 Å². The molecule has 2 heterocycles. The Kier molecular flexibility index (Phi) is 6.95. The predicted octanol–water partition coefficient (Wildman–Crippen LogP) is 2.01. The number of halogens is 1. The van der Waals surface area contributed by atoms with E-state index in [0.717, 1.165) is 18.5 Å². The molecule has 8 heteroatoms. The van der Waals surface area contributed by atoms with Crippen LogP contribution in [0, 0.1) is 18.3 Å². The highest BCUT2D eigenvalue weighted by Crippen LogP contribution is 2.32. The van der Waals surface area contributed by atoms with Gasteiger partial charge in [-0.25, -0.2) is 8.42 Å². The van der Waals surface area contributed by atoms with Gasteiger partial charge in [-0.3, -0.25) is 4.79 Å². The number of sulfonamides is 1. The van der Waals surface area contributed by atoms with E-state index in [9.17, 15) is 13.2 Å². The number of hydrogen-bond donors (Lipinski definition) is 1. The van der Waals surface area contributed by atoms with E-state index in [4.69, 9.17) is 5.73 Å². The lowest BCUT2D eigenvalue weighted by molar-refractivity contribution is -0.136. The minimum atomic E-state index is -3.48. The lowest BCUT2D eigenvalue weighted by atomic mass is 9.90. The van der Waals surface area contributed by atoms with Crippen LogP contribution in [-0.2, 0) is 14.8 Å². The Morgan fingerprint density at radius 1 is 1.19 bits per heavy atom. The summed E-state index contributed by atoms with van der Waals surface area (Å²) in [6.45, 7) is 6.91. The summed E-state index contributed by atoms with van der Waals surface area (Å²) < 4.78 is 27.1. The monoisotopic (exact) mass is 415 g/mol. The zero-order valence-electron chi connectivity index (χ0n) is 16.1. The molecule has 1 aromatic rings. The number of carbonyl (C=O) groups is 1. The van der Waals surface area contributed by atoms with Crippen LogP contribution in [-0.4, -0.2) is 56.3 Å². The fraction of sp³-hybridized carbons (Fsp3) is 0.632. The molecule has 2 N–H and O–H groups in total. The molecule has 2 fully saturated rings. The van der Waals surface area contributed by atoms with Gasteiger partial charge in [-0.2, -0.15) is 4.31 Å². The third-order valence-corrected chi connectivity index (χ3v) is 7.74. The number of nitrogens with two attached hydrogens (primary N) is 1. The van der Waals surface area contributed by atoms with Gasteiger partial charge >= 0.3 is 0 Å². The van der Waals surface area contributed by atoms with Crippen molar-refractivity contribution >= 4 is 28.3 Å². The van der Waals surface area contributed by atoms with E-state index in [-0.39, 0.29) is 29.6 Å². The molecule has 152 valence electrons. The minimum absolute atomic E-state index is 0. The number of benzene rings is 1. The van der Waals surface area contributed by atoms with Crippen molar-refractivity contribution in [2.45, 2.75) is 38.0 Å². The van der Waals surface area contributed by atoms with Gasteiger partial charge in [0.2, 0.25) is 15.9 Å². The smallest absolute Gasteiger partial charge is 0.243 e. The summed E-state index contributed by atoms with van der Waals surface area (Å²) in [7, 11) is -3.48. The van der Waals surface area contributed by atoms with Crippen molar-refractivity contribution in [2.24, 2.45) is 17.1 Å². The van der Waals surface area contributed by atoms with E-state index in [1.54, 1.807) is 12.1 Å². The van der Waals surface area contributed by atoms with Gasteiger partial charge in [0.05, 0.1) is 4.90 Å². The summed E-state index contributed by atoms with van der Waals surface area (Å²) in [5, 5.41) is 0. The summed E-state index contributed by atoms with van der Waals surface area (Å²) in [6.07, 6.45) is 2.11. The molecule has 2 aliphatic rings. The Balaban J connectivity index is 0.00000261. The Hall–Kier alpha value is -1.15. The molecule has 3 rings (SSSR count). The number of carbonyl (C=O) groups excluding carboxylic acids is 1. The number of rotatable bonds is 4. The molecule has 2 saturated heterocycles. The second kappa shape index (κ2) is 8.47. The lowest BCUT2D eigenvalue weighted by Crippen LogP contribution is -2.44. The highest BCUT2D eigenvalue weighted by atomic mass is 35.5. The van der Waals surface area contributed by atoms with Gasteiger partial charge in [-0.1, -0.05) is 24.6 Å². The molecule has 0 radical (unpaired) electrons. The van der Waals surface area contributed by atoms with Crippen molar-refractivity contribution in [3.8, 4) is 0 Å². The normalized spacial score (nSPS) is 24.6. The van der Waals surface area contributed by atoms with E-state index in [1.165, 1.54) is 4.31 Å². The number of nitrogens with zero attached hydrogens (tertiary/aromatic N) is 2. The Labute approximate surface area is 168 Å². The molecule has 0 aromatic heterocycles. The molecule has 2 aliphatic heterocycles. The molecule has 0 aliphatic carbocycles. The third kappa shape index (κ3) is 4.65. The number of likely N-dealkylation sites (tertiary alicyclic amines) is 1. The second-order valence-corrected chi connectivity index (χ2v) is 9.95. The van der Waals surface area contributed by atoms with Crippen LogP contribution in [0.15, 0.2) is 29.2 Å².